The number of aryl methyl sites for hydroxylation is 1. The van der Waals surface area contributed by atoms with E-state index in [0.717, 1.165) is 16.9 Å². The van der Waals surface area contributed by atoms with Crippen molar-refractivity contribution in [2.45, 2.75) is 20.8 Å². The van der Waals surface area contributed by atoms with Gasteiger partial charge in [0.05, 0.1) is 26.4 Å². The summed E-state index contributed by atoms with van der Waals surface area (Å²) in [6.45, 7) is 6.20. The van der Waals surface area contributed by atoms with E-state index in [1.54, 1.807) is 32.4 Å². The predicted molar refractivity (Wildman–Crippen MR) is 109 cm³/mol. The second-order valence-corrected chi connectivity index (χ2v) is 5.43. The highest BCUT2D eigenvalue weighted by atomic mass is 16.5. The van der Waals surface area contributed by atoms with E-state index in [1.807, 2.05) is 32.9 Å². The first-order valence-electron chi connectivity index (χ1n) is 8.78. The van der Waals surface area contributed by atoms with Crippen molar-refractivity contribution in [2.75, 3.05) is 38.0 Å². The summed E-state index contributed by atoms with van der Waals surface area (Å²) in [6.07, 6.45) is 0. The number of benzene rings is 2. The SMILES string of the molecule is CC.COc1cc(Nc2ccc(C(N)=O)c(NCCO)c2)cc(C)c1OC. The van der Waals surface area contributed by atoms with Crippen molar-refractivity contribution in [3.63, 3.8) is 0 Å². The van der Waals surface area contributed by atoms with Gasteiger partial charge in [-0.2, -0.15) is 0 Å². The van der Waals surface area contributed by atoms with Crippen molar-refractivity contribution in [3.8, 4) is 11.5 Å². The smallest absolute Gasteiger partial charge is 0.250 e. The van der Waals surface area contributed by atoms with E-state index in [-0.39, 0.29) is 6.61 Å². The number of rotatable bonds is 8. The Morgan fingerprint density at radius 1 is 1.11 bits per heavy atom. The third-order valence-corrected chi connectivity index (χ3v) is 3.67. The lowest BCUT2D eigenvalue weighted by Crippen LogP contribution is -2.16. The van der Waals surface area contributed by atoms with Gasteiger partial charge in [-0.25, -0.2) is 0 Å². The Bertz CT molecular complexity index is 763. The van der Waals surface area contributed by atoms with Crippen LogP contribution in [0.25, 0.3) is 0 Å². The number of aliphatic hydroxyl groups excluding tert-OH is 1. The Balaban J connectivity index is 0.00000176. The molecule has 0 radical (unpaired) electrons. The molecule has 1 amide bonds. The van der Waals surface area contributed by atoms with Gasteiger partial charge >= 0.3 is 0 Å². The lowest BCUT2D eigenvalue weighted by atomic mass is 10.1. The Morgan fingerprint density at radius 3 is 2.37 bits per heavy atom. The van der Waals surface area contributed by atoms with Gasteiger partial charge in [0, 0.05) is 29.7 Å². The van der Waals surface area contributed by atoms with Gasteiger partial charge in [-0.1, -0.05) is 13.8 Å². The molecule has 0 saturated carbocycles. The van der Waals surface area contributed by atoms with Crippen LogP contribution in [-0.2, 0) is 0 Å². The summed E-state index contributed by atoms with van der Waals surface area (Å²) in [5.74, 6) is 0.772. The molecule has 27 heavy (non-hydrogen) atoms. The fourth-order valence-corrected chi connectivity index (χ4v) is 2.57. The minimum absolute atomic E-state index is 0.0509. The molecule has 7 nitrogen and oxygen atoms in total. The van der Waals surface area contributed by atoms with E-state index in [0.29, 0.717) is 29.3 Å². The largest absolute Gasteiger partial charge is 0.493 e. The molecule has 0 aromatic heterocycles. The Morgan fingerprint density at radius 2 is 1.81 bits per heavy atom. The molecule has 0 saturated heterocycles. The van der Waals surface area contributed by atoms with Gasteiger partial charge in [-0.05, 0) is 36.8 Å². The first-order chi connectivity index (χ1) is 13.0. The van der Waals surface area contributed by atoms with Crippen molar-refractivity contribution in [1.29, 1.82) is 0 Å². The van der Waals surface area contributed by atoms with Gasteiger partial charge in [0.2, 0.25) is 0 Å². The van der Waals surface area contributed by atoms with Crippen LogP contribution in [0.1, 0.15) is 29.8 Å². The van der Waals surface area contributed by atoms with Gasteiger partial charge in [-0.15, -0.1) is 0 Å². The lowest BCUT2D eigenvalue weighted by Gasteiger charge is -2.16. The molecule has 0 aliphatic heterocycles. The predicted octanol–water partition coefficient (Wildman–Crippen LogP) is 3.29. The average molecular weight is 375 g/mol. The molecule has 0 atom stereocenters. The number of hydrogen-bond acceptors (Lipinski definition) is 6. The molecule has 0 fully saturated rings. The number of nitrogens with one attached hydrogen (secondary N) is 2. The molecule has 7 heteroatoms. The van der Waals surface area contributed by atoms with Crippen molar-refractivity contribution in [2.24, 2.45) is 5.73 Å². The van der Waals surface area contributed by atoms with Crippen LogP contribution in [0.2, 0.25) is 0 Å². The molecule has 0 heterocycles. The molecule has 2 aromatic carbocycles. The monoisotopic (exact) mass is 375 g/mol. The average Bonchev–Trinajstić information content (AvgIpc) is 2.67. The minimum atomic E-state index is -0.533. The number of primary amides is 1. The van der Waals surface area contributed by atoms with Gasteiger partial charge < -0.3 is 30.9 Å². The van der Waals surface area contributed by atoms with Crippen LogP contribution in [-0.4, -0.2) is 38.4 Å². The number of aliphatic hydroxyl groups is 1. The molecule has 0 aliphatic carbocycles. The van der Waals surface area contributed by atoms with Crippen LogP contribution in [0.15, 0.2) is 30.3 Å². The zero-order chi connectivity index (χ0) is 20.4. The minimum Gasteiger partial charge on any atom is -0.493 e. The third-order valence-electron chi connectivity index (χ3n) is 3.67. The molecular formula is C20H29N3O4. The first kappa shape index (κ1) is 22.1. The Kier molecular flexibility index (Phi) is 8.95. The van der Waals surface area contributed by atoms with Crippen molar-refractivity contribution in [3.05, 3.63) is 41.5 Å². The van der Waals surface area contributed by atoms with Crippen LogP contribution in [0, 0.1) is 6.92 Å². The first-order valence-corrected chi connectivity index (χ1v) is 8.78. The number of hydrogen-bond donors (Lipinski definition) is 4. The number of nitrogens with two attached hydrogens (primary N) is 1. The van der Waals surface area contributed by atoms with Gasteiger partial charge in [0.15, 0.2) is 11.5 Å². The second-order valence-electron chi connectivity index (χ2n) is 5.43. The van der Waals surface area contributed by atoms with E-state index in [2.05, 4.69) is 10.6 Å². The van der Waals surface area contributed by atoms with E-state index in [9.17, 15) is 4.79 Å². The Hall–Kier alpha value is -2.93. The van der Waals surface area contributed by atoms with E-state index in [1.165, 1.54) is 0 Å². The molecule has 0 aliphatic rings. The van der Waals surface area contributed by atoms with Gasteiger partial charge in [-0.3, -0.25) is 4.79 Å². The standard InChI is InChI=1S/C18H23N3O4.C2H6/c1-11-8-13(10-16(24-2)17(11)25-3)21-12-4-5-14(18(19)23)15(9-12)20-6-7-22;1-2/h4-5,8-10,20-22H,6-7H2,1-3H3,(H2,19,23);1-2H3. The summed E-state index contributed by atoms with van der Waals surface area (Å²) < 4.78 is 10.7. The maximum atomic E-state index is 11.5. The summed E-state index contributed by atoms with van der Waals surface area (Å²) in [6, 6.07) is 8.93. The number of amides is 1. The van der Waals surface area contributed by atoms with Crippen LogP contribution in [0.3, 0.4) is 0 Å². The van der Waals surface area contributed by atoms with Crippen molar-refractivity contribution >= 4 is 23.0 Å². The number of methoxy groups -OCH3 is 2. The normalized spacial score (nSPS) is 9.70. The summed E-state index contributed by atoms with van der Waals surface area (Å²) >= 11 is 0. The third kappa shape index (κ3) is 5.79. The van der Waals surface area contributed by atoms with E-state index >= 15 is 0 Å². The second kappa shape index (κ2) is 10.9. The molecule has 2 aromatic rings. The highest BCUT2D eigenvalue weighted by Crippen LogP contribution is 2.35. The lowest BCUT2D eigenvalue weighted by molar-refractivity contribution is 0.100. The van der Waals surface area contributed by atoms with E-state index < -0.39 is 5.91 Å². The topological polar surface area (TPSA) is 106 Å². The maximum absolute atomic E-state index is 11.5. The zero-order valence-corrected chi connectivity index (χ0v) is 16.6. The number of carbonyl (C=O) groups is 1. The summed E-state index contributed by atoms with van der Waals surface area (Å²) in [7, 11) is 3.18. The number of carbonyl (C=O) groups excluding carboxylic acids is 1. The molecule has 0 unspecified atom stereocenters. The maximum Gasteiger partial charge on any atom is 0.250 e. The highest BCUT2D eigenvalue weighted by Gasteiger charge is 2.12. The van der Waals surface area contributed by atoms with Crippen molar-refractivity contribution < 1.29 is 19.4 Å². The Labute approximate surface area is 160 Å². The molecule has 0 bridgehead atoms. The molecule has 0 spiro atoms. The van der Waals surface area contributed by atoms with E-state index in [4.69, 9.17) is 20.3 Å². The van der Waals surface area contributed by atoms with Crippen LogP contribution in [0.4, 0.5) is 17.1 Å². The summed E-state index contributed by atoms with van der Waals surface area (Å²) in [5, 5.41) is 15.2. The van der Waals surface area contributed by atoms with Crippen LogP contribution in [0.5, 0.6) is 11.5 Å². The van der Waals surface area contributed by atoms with Crippen molar-refractivity contribution in [1.82, 2.24) is 0 Å². The summed E-state index contributed by atoms with van der Waals surface area (Å²) in [4.78, 5) is 11.5. The summed E-state index contributed by atoms with van der Waals surface area (Å²) in [5.41, 5.74) is 8.81. The fourth-order valence-electron chi connectivity index (χ4n) is 2.57. The quantitative estimate of drug-likeness (QED) is 0.564. The van der Waals surface area contributed by atoms with Crippen LogP contribution < -0.4 is 25.8 Å². The number of ether oxygens (including phenoxy) is 2. The van der Waals surface area contributed by atoms with Crippen LogP contribution >= 0.6 is 0 Å². The highest BCUT2D eigenvalue weighted by molar-refractivity contribution is 5.99. The zero-order valence-electron chi connectivity index (χ0n) is 16.6. The molecular weight excluding hydrogens is 346 g/mol. The number of anilines is 3. The molecule has 148 valence electrons. The van der Waals surface area contributed by atoms with Gasteiger partial charge in [0.1, 0.15) is 0 Å². The molecule has 5 N–H and O–H groups in total. The van der Waals surface area contributed by atoms with Gasteiger partial charge in [0.25, 0.3) is 5.91 Å². The molecule has 2 rings (SSSR count). The fraction of sp³-hybridized carbons (Fsp3) is 0.350.